The summed E-state index contributed by atoms with van der Waals surface area (Å²) in [5.74, 6) is 0.865. The van der Waals surface area contributed by atoms with Gasteiger partial charge in [-0.3, -0.25) is 0 Å². The van der Waals surface area contributed by atoms with Gasteiger partial charge in [0.2, 0.25) is 21.9 Å². The molecule has 0 bridgehead atoms. The summed E-state index contributed by atoms with van der Waals surface area (Å²) in [7, 11) is -1.73. The summed E-state index contributed by atoms with van der Waals surface area (Å²) in [5.41, 5.74) is 0.122. The Kier molecular flexibility index (Phi) is 4.70. The summed E-state index contributed by atoms with van der Waals surface area (Å²) < 4.78 is 30.0. The first-order valence-electron chi connectivity index (χ1n) is 5.74. The lowest BCUT2D eigenvalue weighted by Crippen LogP contribution is -2.47. The molecule has 2 N–H and O–H groups in total. The number of nitrogens with zero attached hydrogens (tertiary/aromatic N) is 2. The number of sulfonamides is 1. The SMILES string of the molecule is COc1cc(C)nc(NCC(C)(C)NS(C)(=O)=O)n1. The number of ether oxygens (including phenoxy) is 1. The van der Waals surface area contributed by atoms with Gasteiger partial charge < -0.3 is 10.1 Å². The Balaban J connectivity index is 2.73. The zero-order valence-electron chi connectivity index (χ0n) is 11.8. The predicted octanol–water partition coefficient (Wildman–Crippen LogP) is 0.533. The highest BCUT2D eigenvalue weighted by Gasteiger charge is 2.22. The van der Waals surface area contributed by atoms with Crippen LogP contribution in [-0.4, -0.2) is 43.8 Å². The van der Waals surface area contributed by atoms with Crippen LogP contribution in [0.15, 0.2) is 6.07 Å². The van der Waals surface area contributed by atoms with Crippen LogP contribution < -0.4 is 14.8 Å². The first-order chi connectivity index (χ1) is 8.61. The van der Waals surface area contributed by atoms with Gasteiger partial charge in [0.15, 0.2) is 0 Å². The molecule has 0 aliphatic carbocycles. The third kappa shape index (κ3) is 5.84. The number of methoxy groups -OCH3 is 1. The van der Waals surface area contributed by atoms with Crippen molar-refractivity contribution in [2.45, 2.75) is 26.3 Å². The van der Waals surface area contributed by atoms with E-state index in [1.54, 1.807) is 19.9 Å². The minimum Gasteiger partial charge on any atom is -0.481 e. The summed E-state index contributed by atoms with van der Waals surface area (Å²) in [4.78, 5) is 8.33. The highest BCUT2D eigenvalue weighted by atomic mass is 32.2. The van der Waals surface area contributed by atoms with Crippen LogP contribution in [0, 0.1) is 6.92 Å². The van der Waals surface area contributed by atoms with Gasteiger partial charge in [-0.2, -0.15) is 4.98 Å². The van der Waals surface area contributed by atoms with Gasteiger partial charge >= 0.3 is 0 Å². The van der Waals surface area contributed by atoms with Gasteiger partial charge in [-0.25, -0.2) is 18.1 Å². The van der Waals surface area contributed by atoms with Crippen molar-refractivity contribution in [1.82, 2.24) is 14.7 Å². The van der Waals surface area contributed by atoms with Crippen molar-refractivity contribution in [3.05, 3.63) is 11.8 Å². The molecule has 0 spiro atoms. The molecule has 19 heavy (non-hydrogen) atoms. The lowest BCUT2D eigenvalue weighted by Gasteiger charge is -2.25. The van der Waals surface area contributed by atoms with Crippen LogP contribution >= 0.6 is 0 Å². The summed E-state index contributed by atoms with van der Waals surface area (Å²) >= 11 is 0. The predicted molar refractivity (Wildman–Crippen MR) is 73.9 cm³/mol. The minimum absolute atomic E-state index is 0.354. The molecule has 1 aromatic rings. The van der Waals surface area contributed by atoms with E-state index < -0.39 is 15.6 Å². The van der Waals surface area contributed by atoms with E-state index in [4.69, 9.17) is 4.74 Å². The maximum absolute atomic E-state index is 11.2. The lowest BCUT2D eigenvalue weighted by atomic mass is 10.1. The standard InChI is InChI=1S/C11H20N4O3S/c1-8-6-9(18-4)14-10(13-8)12-7-11(2,3)15-19(5,16)17/h6,15H,7H2,1-5H3,(H,12,13,14). The van der Waals surface area contributed by atoms with Crippen LogP contribution in [0.4, 0.5) is 5.95 Å². The van der Waals surface area contributed by atoms with Crippen LogP contribution in [0.1, 0.15) is 19.5 Å². The van der Waals surface area contributed by atoms with Gasteiger partial charge in [0.05, 0.1) is 13.4 Å². The Bertz CT molecular complexity index is 543. The Hall–Kier alpha value is -1.41. The molecular weight excluding hydrogens is 268 g/mol. The second kappa shape index (κ2) is 5.70. The molecule has 0 saturated carbocycles. The Morgan fingerprint density at radius 1 is 1.37 bits per heavy atom. The number of hydrogen-bond acceptors (Lipinski definition) is 6. The maximum atomic E-state index is 11.2. The van der Waals surface area contributed by atoms with Crippen molar-refractivity contribution >= 4 is 16.0 Å². The molecule has 8 heteroatoms. The Morgan fingerprint density at radius 3 is 2.53 bits per heavy atom. The van der Waals surface area contributed by atoms with E-state index in [9.17, 15) is 8.42 Å². The van der Waals surface area contributed by atoms with Crippen molar-refractivity contribution in [3.63, 3.8) is 0 Å². The normalized spacial score (nSPS) is 12.3. The number of anilines is 1. The number of nitrogens with one attached hydrogen (secondary N) is 2. The molecule has 108 valence electrons. The zero-order valence-corrected chi connectivity index (χ0v) is 12.6. The van der Waals surface area contributed by atoms with E-state index in [2.05, 4.69) is 20.0 Å². The van der Waals surface area contributed by atoms with Crippen LogP contribution in [-0.2, 0) is 10.0 Å². The second-order valence-electron chi connectivity index (χ2n) is 4.99. The molecule has 0 aliphatic rings. The summed E-state index contributed by atoms with van der Waals surface area (Å²) in [6, 6.07) is 1.71. The quantitative estimate of drug-likeness (QED) is 0.793. The van der Waals surface area contributed by atoms with Crippen molar-refractivity contribution in [2.75, 3.05) is 25.2 Å². The Labute approximate surface area is 113 Å². The number of rotatable bonds is 6. The van der Waals surface area contributed by atoms with Crippen LogP contribution in [0.3, 0.4) is 0 Å². The third-order valence-electron chi connectivity index (χ3n) is 2.19. The largest absolute Gasteiger partial charge is 0.481 e. The molecule has 0 fully saturated rings. The van der Waals surface area contributed by atoms with Gasteiger partial charge in [-0.15, -0.1) is 0 Å². The van der Waals surface area contributed by atoms with Crippen molar-refractivity contribution < 1.29 is 13.2 Å². The average Bonchev–Trinajstić information content (AvgIpc) is 2.22. The average molecular weight is 288 g/mol. The molecule has 1 heterocycles. The van der Waals surface area contributed by atoms with Gasteiger partial charge in [-0.1, -0.05) is 0 Å². The molecule has 1 rings (SSSR count). The monoisotopic (exact) mass is 288 g/mol. The maximum Gasteiger partial charge on any atom is 0.226 e. The van der Waals surface area contributed by atoms with Crippen molar-refractivity contribution in [2.24, 2.45) is 0 Å². The van der Waals surface area contributed by atoms with Crippen LogP contribution in [0.25, 0.3) is 0 Å². The summed E-state index contributed by atoms with van der Waals surface area (Å²) in [6.07, 6.45) is 1.13. The molecule has 0 radical (unpaired) electrons. The molecular formula is C11H20N4O3S. The third-order valence-corrected chi connectivity index (χ3v) is 3.11. The highest BCUT2D eigenvalue weighted by molar-refractivity contribution is 7.88. The minimum atomic E-state index is -3.26. The highest BCUT2D eigenvalue weighted by Crippen LogP contribution is 2.12. The van der Waals surface area contributed by atoms with Gasteiger partial charge in [0, 0.05) is 23.8 Å². The summed E-state index contributed by atoms with van der Waals surface area (Å²) in [6.45, 7) is 5.73. The van der Waals surface area contributed by atoms with Gasteiger partial charge in [0.1, 0.15) is 0 Å². The number of aromatic nitrogens is 2. The van der Waals surface area contributed by atoms with E-state index in [0.29, 0.717) is 18.4 Å². The van der Waals surface area contributed by atoms with Gasteiger partial charge in [0.25, 0.3) is 0 Å². The van der Waals surface area contributed by atoms with E-state index >= 15 is 0 Å². The molecule has 0 unspecified atom stereocenters. The molecule has 0 aromatic carbocycles. The zero-order chi connectivity index (χ0) is 14.7. The Morgan fingerprint density at radius 2 is 2.00 bits per heavy atom. The molecule has 7 nitrogen and oxygen atoms in total. The molecule has 0 amide bonds. The fraction of sp³-hybridized carbons (Fsp3) is 0.636. The van der Waals surface area contributed by atoms with E-state index in [1.807, 2.05) is 6.92 Å². The smallest absolute Gasteiger partial charge is 0.226 e. The van der Waals surface area contributed by atoms with E-state index in [1.165, 1.54) is 7.11 Å². The van der Waals surface area contributed by atoms with E-state index in [-0.39, 0.29) is 0 Å². The summed E-state index contributed by atoms with van der Waals surface area (Å²) in [5, 5.41) is 2.99. The van der Waals surface area contributed by atoms with Crippen LogP contribution in [0.2, 0.25) is 0 Å². The molecule has 0 aliphatic heterocycles. The van der Waals surface area contributed by atoms with Gasteiger partial charge in [-0.05, 0) is 20.8 Å². The molecule has 0 saturated heterocycles. The molecule has 0 atom stereocenters. The van der Waals surface area contributed by atoms with Crippen LogP contribution in [0.5, 0.6) is 5.88 Å². The second-order valence-corrected chi connectivity index (χ2v) is 6.74. The number of aryl methyl sites for hydroxylation is 1. The fourth-order valence-corrected chi connectivity index (χ4v) is 2.64. The first-order valence-corrected chi connectivity index (χ1v) is 7.63. The number of hydrogen-bond donors (Lipinski definition) is 2. The first kappa shape index (κ1) is 15.6. The fourth-order valence-electron chi connectivity index (χ4n) is 1.56. The van der Waals surface area contributed by atoms with E-state index in [0.717, 1.165) is 11.9 Å². The van der Waals surface area contributed by atoms with Crippen molar-refractivity contribution in [1.29, 1.82) is 0 Å². The van der Waals surface area contributed by atoms with Crippen molar-refractivity contribution in [3.8, 4) is 5.88 Å². The lowest BCUT2D eigenvalue weighted by molar-refractivity contribution is 0.396. The topological polar surface area (TPSA) is 93.2 Å². The molecule has 1 aromatic heterocycles.